The van der Waals surface area contributed by atoms with Gasteiger partial charge in [0.25, 0.3) is 0 Å². The van der Waals surface area contributed by atoms with Crippen LogP contribution in [-0.4, -0.2) is 30.0 Å². The van der Waals surface area contributed by atoms with E-state index in [2.05, 4.69) is 23.9 Å². The van der Waals surface area contributed by atoms with E-state index in [9.17, 15) is 0 Å². The van der Waals surface area contributed by atoms with Crippen LogP contribution in [0.2, 0.25) is 0 Å². The molecule has 74 valence electrons. The predicted octanol–water partition coefficient (Wildman–Crippen LogP) is 1.20. The maximum Gasteiger partial charge on any atom is 0.191 e. The van der Waals surface area contributed by atoms with Gasteiger partial charge in [0.15, 0.2) is 5.96 Å². The van der Waals surface area contributed by atoms with Crippen LogP contribution in [0.4, 0.5) is 0 Å². The highest BCUT2D eigenvalue weighted by Crippen LogP contribution is 2.38. The van der Waals surface area contributed by atoms with Gasteiger partial charge in [-0.2, -0.15) is 0 Å². The monoisotopic (exact) mass is 181 g/mol. The first-order chi connectivity index (χ1) is 6.14. The lowest BCUT2D eigenvalue weighted by molar-refractivity contribution is 0.134. The molecule has 2 unspecified atom stereocenters. The minimum absolute atomic E-state index is 0.280. The lowest BCUT2D eigenvalue weighted by atomic mass is 9.76. The highest BCUT2D eigenvalue weighted by molar-refractivity contribution is 5.80. The third kappa shape index (κ3) is 1.30. The molecule has 3 heteroatoms. The Morgan fingerprint density at radius 3 is 2.92 bits per heavy atom. The summed E-state index contributed by atoms with van der Waals surface area (Å²) in [5, 5.41) is 0. The van der Waals surface area contributed by atoms with E-state index < -0.39 is 0 Å². The van der Waals surface area contributed by atoms with Crippen molar-refractivity contribution in [1.29, 1.82) is 0 Å². The average Bonchev–Trinajstić information content (AvgIpc) is 2.35. The summed E-state index contributed by atoms with van der Waals surface area (Å²) in [6, 6.07) is 0. The molecule has 2 aliphatic rings. The molecule has 1 aliphatic heterocycles. The summed E-state index contributed by atoms with van der Waals surface area (Å²) in [4.78, 5) is 6.55. The quantitative estimate of drug-likeness (QED) is 0.610. The molecule has 2 N–H and O–H groups in total. The van der Waals surface area contributed by atoms with Gasteiger partial charge in [0.2, 0.25) is 0 Å². The standard InChI is InChI=1S/C10H19N3/c1-8-4-3-5-10(6-8)7-12-9(11)13(10)2/h8H,3-7H2,1-2H3,(H2,11,12). The number of likely N-dealkylation sites (N-methyl/N-ethyl adjacent to an activating group) is 1. The summed E-state index contributed by atoms with van der Waals surface area (Å²) in [5.74, 6) is 1.56. The molecule has 2 atom stereocenters. The molecule has 0 aromatic rings. The Kier molecular flexibility index (Phi) is 1.97. The zero-order valence-electron chi connectivity index (χ0n) is 8.58. The summed E-state index contributed by atoms with van der Waals surface area (Å²) < 4.78 is 0. The largest absolute Gasteiger partial charge is 0.370 e. The third-order valence-corrected chi connectivity index (χ3v) is 3.66. The van der Waals surface area contributed by atoms with Crippen molar-refractivity contribution >= 4 is 5.96 Å². The number of hydrogen-bond donors (Lipinski definition) is 1. The van der Waals surface area contributed by atoms with Crippen molar-refractivity contribution in [2.45, 2.75) is 38.1 Å². The van der Waals surface area contributed by atoms with Crippen molar-refractivity contribution in [3.05, 3.63) is 0 Å². The van der Waals surface area contributed by atoms with Crippen molar-refractivity contribution < 1.29 is 0 Å². The maximum atomic E-state index is 5.81. The molecule has 1 spiro atoms. The molecule has 0 aromatic carbocycles. The topological polar surface area (TPSA) is 41.6 Å². The highest BCUT2D eigenvalue weighted by atomic mass is 15.3. The van der Waals surface area contributed by atoms with Gasteiger partial charge in [-0.1, -0.05) is 19.8 Å². The van der Waals surface area contributed by atoms with Crippen LogP contribution in [0.1, 0.15) is 32.6 Å². The third-order valence-electron chi connectivity index (χ3n) is 3.66. The van der Waals surface area contributed by atoms with Gasteiger partial charge in [-0.25, -0.2) is 0 Å². The minimum atomic E-state index is 0.280. The van der Waals surface area contributed by atoms with E-state index in [-0.39, 0.29) is 5.54 Å². The Bertz CT molecular complexity index is 236. The van der Waals surface area contributed by atoms with E-state index in [1.54, 1.807) is 0 Å². The number of guanidine groups is 1. The molecule has 1 saturated carbocycles. The molecular formula is C10H19N3. The molecule has 1 fully saturated rings. The molecule has 0 saturated heterocycles. The summed E-state index contributed by atoms with van der Waals surface area (Å²) in [7, 11) is 2.09. The summed E-state index contributed by atoms with van der Waals surface area (Å²) in [6.07, 6.45) is 5.22. The van der Waals surface area contributed by atoms with Gasteiger partial charge in [-0.15, -0.1) is 0 Å². The van der Waals surface area contributed by atoms with Crippen LogP contribution < -0.4 is 5.73 Å². The molecule has 0 aromatic heterocycles. The lowest BCUT2D eigenvalue weighted by Crippen LogP contribution is -2.51. The second-order valence-electron chi connectivity index (χ2n) is 4.66. The van der Waals surface area contributed by atoms with Crippen molar-refractivity contribution in [3.8, 4) is 0 Å². The molecule has 1 heterocycles. The fourth-order valence-electron chi connectivity index (χ4n) is 2.76. The van der Waals surface area contributed by atoms with Gasteiger partial charge in [-0.05, 0) is 18.8 Å². The normalized spacial score (nSPS) is 39.7. The van der Waals surface area contributed by atoms with E-state index in [0.717, 1.165) is 18.4 Å². The SMILES string of the molecule is CC1CCCC2(CN=C(N)N2C)C1. The molecule has 1 aliphatic carbocycles. The van der Waals surface area contributed by atoms with Crippen molar-refractivity contribution in [2.24, 2.45) is 16.6 Å². The molecule has 0 bridgehead atoms. The Morgan fingerprint density at radius 2 is 2.38 bits per heavy atom. The van der Waals surface area contributed by atoms with E-state index in [1.807, 2.05) is 0 Å². The predicted molar refractivity (Wildman–Crippen MR) is 54.6 cm³/mol. The second-order valence-corrected chi connectivity index (χ2v) is 4.66. The van der Waals surface area contributed by atoms with Crippen LogP contribution in [0.3, 0.4) is 0 Å². The molecule has 3 nitrogen and oxygen atoms in total. The first kappa shape index (κ1) is 8.85. The molecule has 0 radical (unpaired) electrons. The fourth-order valence-corrected chi connectivity index (χ4v) is 2.76. The second kappa shape index (κ2) is 2.89. The van der Waals surface area contributed by atoms with E-state index in [4.69, 9.17) is 5.73 Å². The molecular weight excluding hydrogens is 162 g/mol. The molecule has 0 amide bonds. The van der Waals surface area contributed by atoms with Crippen molar-refractivity contribution in [1.82, 2.24) is 4.90 Å². The molecule has 13 heavy (non-hydrogen) atoms. The van der Waals surface area contributed by atoms with Gasteiger partial charge >= 0.3 is 0 Å². The zero-order valence-corrected chi connectivity index (χ0v) is 8.58. The van der Waals surface area contributed by atoms with Gasteiger partial charge in [-0.3, -0.25) is 4.99 Å². The van der Waals surface area contributed by atoms with Crippen LogP contribution in [0.15, 0.2) is 4.99 Å². The van der Waals surface area contributed by atoms with Crippen molar-refractivity contribution in [3.63, 3.8) is 0 Å². The number of nitrogens with two attached hydrogens (primary N) is 1. The van der Waals surface area contributed by atoms with Crippen LogP contribution in [-0.2, 0) is 0 Å². The summed E-state index contributed by atoms with van der Waals surface area (Å²) >= 11 is 0. The summed E-state index contributed by atoms with van der Waals surface area (Å²) in [6.45, 7) is 3.25. The van der Waals surface area contributed by atoms with E-state index >= 15 is 0 Å². The Hall–Kier alpha value is -0.730. The van der Waals surface area contributed by atoms with Gasteiger partial charge in [0, 0.05) is 7.05 Å². The smallest absolute Gasteiger partial charge is 0.191 e. The van der Waals surface area contributed by atoms with E-state index in [0.29, 0.717) is 0 Å². The lowest BCUT2D eigenvalue weighted by Gasteiger charge is -2.42. The van der Waals surface area contributed by atoms with Crippen molar-refractivity contribution in [2.75, 3.05) is 13.6 Å². The number of hydrogen-bond acceptors (Lipinski definition) is 3. The van der Waals surface area contributed by atoms with Gasteiger partial charge in [0.05, 0.1) is 12.1 Å². The first-order valence-corrected chi connectivity index (χ1v) is 5.18. The fraction of sp³-hybridized carbons (Fsp3) is 0.900. The maximum absolute atomic E-state index is 5.81. The Morgan fingerprint density at radius 1 is 1.62 bits per heavy atom. The Labute approximate surface area is 80.0 Å². The summed E-state index contributed by atoms with van der Waals surface area (Å²) in [5.41, 5.74) is 6.08. The minimum Gasteiger partial charge on any atom is -0.370 e. The number of rotatable bonds is 0. The van der Waals surface area contributed by atoms with Gasteiger partial charge in [0.1, 0.15) is 0 Å². The number of aliphatic imine (C=N–C) groups is 1. The van der Waals surface area contributed by atoms with Crippen LogP contribution >= 0.6 is 0 Å². The molecule has 2 rings (SSSR count). The first-order valence-electron chi connectivity index (χ1n) is 5.18. The van der Waals surface area contributed by atoms with Crippen LogP contribution in [0, 0.1) is 5.92 Å². The average molecular weight is 181 g/mol. The highest BCUT2D eigenvalue weighted by Gasteiger charge is 2.42. The zero-order chi connectivity index (χ0) is 9.47. The number of nitrogens with zero attached hydrogens (tertiary/aromatic N) is 2. The van der Waals surface area contributed by atoms with Crippen LogP contribution in [0.5, 0.6) is 0 Å². The Balaban J connectivity index is 2.13. The van der Waals surface area contributed by atoms with Crippen LogP contribution in [0.25, 0.3) is 0 Å². The van der Waals surface area contributed by atoms with E-state index in [1.165, 1.54) is 25.7 Å². The van der Waals surface area contributed by atoms with Gasteiger partial charge < -0.3 is 10.6 Å².